The van der Waals surface area contributed by atoms with Crippen LogP contribution in [-0.4, -0.2) is 16.5 Å². The maximum absolute atomic E-state index is 5.44. The minimum absolute atomic E-state index is 0.660. The molecular weight excluding hydrogens is 150 g/mol. The first-order chi connectivity index (χ1) is 5.90. The van der Waals surface area contributed by atoms with Gasteiger partial charge in [-0.15, -0.1) is 0 Å². The van der Waals surface area contributed by atoms with E-state index in [4.69, 9.17) is 5.73 Å². The molecule has 0 bridgehead atoms. The van der Waals surface area contributed by atoms with Gasteiger partial charge in [-0.2, -0.15) is 0 Å². The molecule has 0 aromatic carbocycles. The molecule has 1 aromatic heterocycles. The average molecular weight is 163 g/mol. The summed E-state index contributed by atoms with van der Waals surface area (Å²) in [7, 11) is 0. The van der Waals surface area contributed by atoms with E-state index in [0.717, 1.165) is 25.0 Å². The summed E-state index contributed by atoms with van der Waals surface area (Å²) in [6, 6.07) is 0. The van der Waals surface area contributed by atoms with Crippen LogP contribution in [0.15, 0.2) is 6.20 Å². The molecule has 3 nitrogen and oxygen atoms in total. The quantitative estimate of drug-likeness (QED) is 0.689. The second kappa shape index (κ2) is 3.19. The van der Waals surface area contributed by atoms with E-state index in [1.54, 1.807) is 0 Å². The van der Waals surface area contributed by atoms with E-state index in [9.17, 15) is 0 Å². The molecule has 0 saturated carbocycles. The second-order valence-corrected chi connectivity index (χ2v) is 3.15. The van der Waals surface area contributed by atoms with Crippen molar-refractivity contribution in [1.29, 1.82) is 0 Å². The third kappa shape index (κ3) is 1.32. The van der Waals surface area contributed by atoms with Gasteiger partial charge in [0.05, 0.1) is 17.1 Å². The standard InChI is InChI=1S/C9H13N3/c10-5-4-7-6-11-8-2-1-3-9(8)12-7/h6H,1-5,10H2. The molecule has 1 aliphatic carbocycles. The van der Waals surface area contributed by atoms with Gasteiger partial charge in [-0.3, -0.25) is 9.97 Å². The Morgan fingerprint density at radius 3 is 3.00 bits per heavy atom. The molecule has 0 amide bonds. The van der Waals surface area contributed by atoms with Crippen LogP contribution in [0.25, 0.3) is 0 Å². The maximum Gasteiger partial charge on any atom is 0.0622 e. The normalized spacial score (nSPS) is 14.8. The summed E-state index contributed by atoms with van der Waals surface area (Å²) in [5.41, 5.74) is 8.86. The molecule has 0 fully saturated rings. The van der Waals surface area contributed by atoms with Gasteiger partial charge < -0.3 is 5.73 Å². The fourth-order valence-electron chi connectivity index (χ4n) is 1.59. The largest absolute Gasteiger partial charge is 0.330 e. The first-order valence-electron chi connectivity index (χ1n) is 4.44. The van der Waals surface area contributed by atoms with Gasteiger partial charge in [0.15, 0.2) is 0 Å². The predicted molar refractivity (Wildman–Crippen MR) is 46.8 cm³/mol. The number of aromatic nitrogens is 2. The SMILES string of the molecule is NCCc1cnc2c(n1)CCC2. The summed E-state index contributed by atoms with van der Waals surface area (Å²) in [5, 5.41) is 0. The molecule has 0 aliphatic heterocycles. The van der Waals surface area contributed by atoms with E-state index in [0.29, 0.717) is 6.54 Å². The molecular formula is C9H13N3. The predicted octanol–water partition coefficient (Wildman–Crippen LogP) is 0.466. The number of aryl methyl sites for hydroxylation is 2. The lowest BCUT2D eigenvalue weighted by molar-refractivity contribution is 0.873. The summed E-state index contributed by atoms with van der Waals surface area (Å²) in [4.78, 5) is 8.86. The Hall–Kier alpha value is -0.960. The Labute approximate surface area is 72.0 Å². The molecule has 1 aliphatic rings. The molecule has 0 spiro atoms. The van der Waals surface area contributed by atoms with E-state index in [1.807, 2.05) is 6.20 Å². The Balaban J connectivity index is 2.26. The van der Waals surface area contributed by atoms with Gasteiger partial charge in [-0.1, -0.05) is 0 Å². The van der Waals surface area contributed by atoms with Crippen molar-refractivity contribution in [2.24, 2.45) is 5.73 Å². The minimum atomic E-state index is 0.660. The summed E-state index contributed by atoms with van der Waals surface area (Å²) in [6.07, 6.45) is 6.12. The molecule has 0 unspecified atom stereocenters. The molecule has 1 heterocycles. The van der Waals surface area contributed by atoms with Gasteiger partial charge in [0.1, 0.15) is 0 Å². The number of nitrogens with zero attached hydrogens (tertiary/aromatic N) is 2. The zero-order chi connectivity index (χ0) is 8.39. The lowest BCUT2D eigenvalue weighted by Crippen LogP contribution is -2.06. The highest BCUT2D eigenvalue weighted by molar-refractivity contribution is 5.18. The summed E-state index contributed by atoms with van der Waals surface area (Å²) in [5.74, 6) is 0. The van der Waals surface area contributed by atoms with Crippen LogP contribution in [0.1, 0.15) is 23.5 Å². The van der Waals surface area contributed by atoms with Crippen molar-refractivity contribution in [2.75, 3.05) is 6.54 Å². The Bertz CT molecular complexity index is 283. The zero-order valence-corrected chi connectivity index (χ0v) is 7.08. The number of hydrogen-bond donors (Lipinski definition) is 1. The summed E-state index contributed by atoms with van der Waals surface area (Å²) in [6.45, 7) is 0.660. The van der Waals surface area contributed by atoms with Crippen molar-refractivity contribution in [1.82, 2.24) is 9.97 Å². The Morgan fingerprint density at radius 2 is 2.17 bits per heavy atom. The molecule has 0 saturated heterocycles. The van der Waals surface area contributed by atoms with E-state index in [2.05, 4.69) is 9.97 Å². The number of rotatable bonds is 2. The van der Waals surface area contributed by atoms with Crippen molar-refractivity contribution in [3.63, 3.8) is 0 Å². The highest BCUT2D eigenvalue weighted by Crippen LogP contribution is 2.17. The van der Waals surface area contributed by atoms with Crippen molar-refractivity contribution < 1.29 is 0 Å². The first-order valence-corrected chi connectivity index (χ1v) is 4.44. The van der Waals surface area contributed by atoms with Crippen LogP contribution in [0.2, 0.25) is 0 Å². The molecule has 2 rings (SSSR count). The van der Waals surface area contributed by atoms with Crippen LogP contribution in [0.4, 0.5) is 0 Å². The van der Waals surface area contributed by atoms with Crippen LogP contribution in [0.3, 0.4) is 0 Å². The lowest BCUT2D eigenvalue weighted by atomic mass is 10.3. The van der Waals surface area contributed by atoms with Crippen molar-refractivity contribution in [3.8, 4) is 0 Å². The monoisotopic (exact) mass is 163 g/mol. The van der Waals surface area contributed by atoms with E-state index in [1.165, 1.54) is 17.8 Å². The first kappa shape index (κ1) is 7.68. The van der Waals surface area contributed by atoms with Gasteiger partial charge in [0.25, 0.3) is 0 Å². The highest BCUT2D eigenvalue weighted by atomic mass is 14.8. The number of fused-ring (bicyclic) bond motifs is 1. The van der Waals surface area contributed by atoms with Crippen molar-refractivity contribution in [3.05, 3.63) is 23.3 Å². The van der Waals surface area contributed by atoms with Crippen LogP contribution in [0, 0.1) is 0 Å². The molecule has 12 heavy (non-hydrogen) atoms. The Kier molecular flexibility index (Phi) is 2.04. The fourth-order valence-corrected chi connectivity index (χ4v) is 1.59. The maximum atomic E-state index is 5.44. The zero-order valence-electron chi connectivity index (χ0n) is 7.08. The van der Waals surface area contributed by atoms with Crippen LogP contribution in [0.5, 0.6) is 0 Å². The van der Waals surface area contributed by atoms with Crippen LogP contribution < -0.4 is 5.73 Å². The lowest BCUT2D eigenvalue weighted by Gasteiger charge is -2.00. The van der Waals surface area contributed by atoms with E-state index < -0.39 is 0 Å². The van der Waals surface area contributed by atoms with E-state index in [-0.39, 0.29) is 0 Å². The van der Waals surface area contributed by atoms with Crippen LogP contribution >= 0.6 is 0 Å². The molecule has 2 N–H and O–H groups in total. The molecule has 0 radical (unpaired) electrons. The average Bonchev–Trinajstić information content (AvgIpc) is 2.51. The molecule has 1 aromatic rings. The van der Waals surface area contributed by atoms with Gasteiger partial charge in [-0.05, 0) is 25.8 Å². The molecule has 3 heteroatoms. The third-order valence-electron chi connectivity index (χ3n) is 2.21. The second-order valence-electron chi connectivity index (χ2n) is 3.15. The van der Waals surface area contributed by atoms with Gasteiger partial charge in [0, 0.05) is 12.6 Å². The number of hydrogen-bond acceptors (Lipinski definition) is 3. The summed E-state index contributed by atoms with van der Waals surface area (Å²) >= 11 is 0. The van der Waals surface area contributed by atoms with Gasteiger partial charge in [0.2, 0.25) is 0 Å². The Morgan fingerprint density at radius 1 is 1.33 bits per heavy atom. The van der Waals surface area contributed by atoms with Gasteiger partial charge in [-0.25, -0.2) is 0 Å². The highest BCUT2D eigenvalue weighted by Gasteiger charge is 2.13. The van der Waals surface area contributed by atoms with Crippen LogP contribution in [-0.2, 0) is 19.3 Å². The van der Waals surface area contributed by atoms with E-state index >= 15 is 0 Å². The fraction of sp³-hybridized carbons (Fsp3) is 0.556. The number of nitrogens with two attached hydrogens (primary N) is 1. The summed E-state index contributed by atoms with van der Waals surface area (Å²) < 4.78 is 0. The van der Waals surface area contributed by atoms with Gasteiger partial charge >= 0.3 is 0 Å². The van der Waals surface area contributed by atoms with Crippen molar-refractivity contribution >= 4 is 0 Å². The molecule has 0 atom stereocenters. The smallest absolute Gasteiger partial charge is 0.0622 e. The molecule has 64 valence electrons. The van der Waals surface area contributed by atoms with Crippen molar-refractivity contribution in [2.45, 2.75) is 25.7 Å². The topological polar surface area (TPSA) is 51.8 Å². The minimum Gasteiger partial charge on any atom is -0.330 e. The third-order valence-corrected chi connectivity index (χ3v) is 2.21.